The molecule has 1 aromatic carbocycles. The van der Waals surface area contributed by atoms with Crippen LogP contribution in [0.15, 0.2) is 30.3 Å². The molecular formula is C28H41N5O7. The second kappa shape index (κ2) is 14.8. The average Bonchev–Trinajstić information content (AvgIpc) is 3.31. The van der Waals surface area contributed by atoms with Crippen LogP contribution in [0.25, 0.3) is 0 Å². The van der Waals surface area contributed by atoms with Crippen LogP contribution in [0.4, 0.5) is 0 Å². The van der Waals surface area contributed by atoms with Crippen molar-refractivity contribution in [3.63, 3.8) is 0 Å². The van der Waals surface area contributed by atoms with Crippen LogP contribution in [0.5, 0.6) is 0 Å². The summed E-state index contributed by atoms with van der Waals surface area (Å²) < 4.78 is 10.9. The summed E-state index contributed by atoms with van der Waals surface area (Å²) in [5, 5.41) is 8.52. The number of nitrogens with zero attached hydrogens (tertiary/aromatic N) is 2. The number of amides is 5. The molecule has 2 aliphatic heterocycles. The highest BCUT2D eigenvalue weighted by molar-refractivity contribution is 5.94. The number of ether oxygens (including phenoxy) is 2. The van der Waals surface area contributed by atoms with Gasteiger partial charge in [-0.3, -0.25) is 24.0 Å². The van der Waals surface area contributed by atoms with Crippen LogP contribution in [-0.2, 0) is 28.7 Å². The highest BCUT2D eigenvalue weighted by atomic mass is 16.5. The molecule has 0 saturated carbocycles. The summed E-state index contributed by atoms with van der Waals surface area (Å²) in [4.78, 5) is 67.3. The Bertz CT molecular complexity index is 1040. The molecular weight excluding hydrogens is 518 g/mol. The largest absolute Gasteiger partial charge is 0.377 e. The van der Waals surface area contributed by atoms with Gasteiger partial charge in [-0.2, -0.15) is 0 Å². The molecule has 5 amide bonds. The van der Waals surface area contributed by atoms with E-state index in [4.69, 9.17) is 9.47 Å². The first kappa shape index (κ1) is 31.0. The third kappa shape index (κ3) is 9.91. The lowest BCUT2D eigenvalue weighted by molar-refractivity contribution is -0.145. The fraction of sp³-hybridized carbons (Fsp3) is 0.607. The summed E-state index contributed by atoms with van der Waals surface area (Å²) in [7, 11) is 0. The van der Waals surface area contributed by atoms with Gasteiger partial charge < -0.3 is 35.2 Å². The van der Waals surface area contributed by atoms with Gasteiger partial charge in [0.05, 0.1) is 26.4 Å². The maximum Gasteiger partial charge on any atom is 0.251 e. The number of carbonyl (C=O) groups excluding carboxylic acids is 5. The van der Waals surface area contributed by atoms with Crippen molar-refractivity contribution in [3.8, 4) is 0 Å². The molecule has 2 heterocycles. The van der Waals surface area contributed by atoms with Crippen LogP contribution in [0.1, 0.15) is 44.0 Å². The summed E-state index contributed by atoms with van der Waals surface area (Å²) >= 11 is 0. The molecule has 0 bridgehead atoms. The first-order chi connectivity index (χ1) is 19.0. The van der Waals surface area contributed by atoms with Gasteiger partial charge in [0.1, 0.15) is 12.6 Å². The molecule has 40 heavy (non-hydrogen) atoms. The summed E-state index contributed by atoms with van der Waals surface area (Å²) in [6, 6.07) is 7.47. The summed E-state index contributed by atoms with van der Waals surface area (Å²) in [5.41, 5.74) is 0.273. The van der Waals surface area contributed by atoms with E-state index in [9.17, 15) is 24.0 Å². The maximum atomic E-state index is 13.5. The second-order valence-corrected chi connectivity index (χ2v) is 11.2. The number of benzene rings is 1. The third-order valence-electron chi connectivity index (χ3n) is 6.51. The Kier molecular flexibility index (Phi) is 11.4. The summed E-state index contributed by atoms with van der Waals surface area (Å²) in [6.45, 7) is 6.58. The number of carbonyl (C=O) groups is 5. The van der Waals surface area contributed by atoms with Crippen molar-refractivity contribution < 1.29 is 33.4 Å². The normalized spacial score (nSPS) is 21.6. The van der Waals surface area contributed by atoms with Gasteiger partial charge in [0.25, 0.3) is 5.91 Å². The first-order valence-corrected chi connectivity index (χ1v) is 13.7. The highest BCUT2D eigenvalue weighted by Gasteiger charge is 2.41. The van der Waals surface area contributed by atoms with E-state index in [1.54, 1.807) is 30.3 Å². The van der Waals surface area contributed by atoms with E-state index in [1.165, 1.54) is 9.80 Å². The number of nitrogens with one attached hydrogen (secondary N) is 3. The van der Waals surface area contributed by atoms with E-state index in [-0.39, 0.29) is 88.7 Å². The number of hydrogen-bond donors (Lipinski definition) is 3. The quantitative estimate of drug-likeness (QED) is 0.442. The molecule has 3 N–H and O–H groups in total. The summed E-state index contributed by atoms with van der Waals surface area (Å²) in [6.07, 6.45) is 0.571. The molecule has 0 aliphatic carbocycles. The minimum atomic E-state index is -0.802. The fourth-order valence-electron chi connectivity index (χ4n) is 4.60. The Morgan fingerprint density at radius 3 is 2.48 bits per heavy atom. The molecule has 0 radical (unpaired) electrons. The number of fused-ring (bicyclic) bond motifs is 1. The molecule has 1 aromatic rings. The SMILES string of the molecule is CC(C)(C)CC(=O)N[C@H]1C[C@H]2C(=O)NCCOCCOCC(=O)N(CCNC(=O)c3ccccc3)CC(=O)N2C1. The van der Waals surface area contributed by atoms with E-state index in [1.807, 2.05) is 20.8 Å². The van der Waals surface area contributed by atoms with Gasteiger partial charge >= 0.3 is 0 Å². The Balaban J connectivity index is 1.71. The molecule has 0 spiro atoms. The molecule has 0 unspecified atom stereocenters. The molecule has 12 heteroatoms. The van der Waals surface area contributed by atoms with Crippen molar-refractivity contribution in [2.75, 3.05) is 59.2 Å². The molecule has 2 aliphatic rings. The second-order valence-electron chi connectivity index (χ2n) is 11.2. The van der Waals surface area contributed by atoms with Gasteiger partial charge in [0.15, 0.2) is 0 Å². The van der Waals surface area contributed by atoms with Crippen LogP contribution in [0.3, 0.4) is 0 Å². The predicted octanol–water partition coefficient (Wildman–Crippen LogP) is -0.0701. The molecule has 3 rings (SSSR count). The third-order valence-corrected chi connectivity index (χ3v) is 6.51. The molecule has 220 valence electrons. The maximum absolute atomic E-state index is 13.5. The Morgan fingerprint density at radius 2 is 1.75 bits per heavy atom. The highest BCUT2D eigenvalue weighted by Crippen LogP contribution is 2.22. The fourth-order valence-corrected chi connectivity index (χ4v) is 4.60. The summed E-state index contributed by atoms with van der Waals surface area (Å²) in [5.74, 6) is -1.64. The van der Waals surface area contributed by atoms with E-state index in [2.05, 4.69) is 16.0 Å². The minimum Gasteiger partial charge on any atom is -0.377 e. The molecule has 2 saturated heterocycles. The smallest absolute Gasteiger partial charge is 0.251 e. The van der Waals surface area contributed by atoms with Gasteiger partial charge in [-0.1, -0.05) is 39.0 Å². The topological polar surface area (TPSA) is 146 Å². The van der Waals surface area contributed by atoms with Gasteiger partial charge in [-0.25, -0.2) is 0 Å². The van der Waals surface area contributed by atoms with E-state index >= 15 is 0 Å². The van der Waals surface area contributed by atoms with Crippen molar-refractivity contribution >= 4 is 29.5 Å². The monoisotopic (exact) mass is 559 g/mol. The first-order valence-electron chi connectivity index (χ1n) is 13.7. The van der Waals surface area contributed by atoms with E-state index in [0.29, 0.717) is 12.0 Å². The van der Waals surface area contributed by atoms with Gasteiger partial charge in [0, 0.05) is 44.2 Å². The van der Waals surface area contributed by atoms with E-state index < -0.39 is 23.9 Å². The van der Waals surface area contributed by atoms with Gasteiger partial charge in [-0.15, -0.1) is 0 Å². The van der Waals surface area contributed by atoms with Crippen molar-refractivity contribution in [2.45, 2.75) is 45.7 Å². The Labute approximate surface area is 235 Å². The lowest BCUT2D eigenvalue weighted by Gasteiger charge is -2.28. The van der Waals surface area contributed by atoms with Crippen LogP contribution >= 0.6 is 0 Å². The Hall–Kier alpha value is -3.51. The molecule has 2 atom stereocenters. The minimum absolute atomic E-state index is 0.0689. The van der Waals surface area contributed by atoms with Crippen molar-refractivity contribution in [1.29, 1.82) is 0 Å². The van der Waals surface area contributed by atoms with Crippen molar-refractivity contribution in [1.82, 2.24) is 25.8 Å². The number of hydrogen-bond acceptors (Lipinski definition) is 7. The predicted molar refractivity (Wildman–Crippen MR) is 146 cm³/mol. The average molecular weight is 560 g/mol. The van der Waals surface area contributed by atoms with E-state index in [0.717, 1.165) is 0 Å². The Morgan fingerprint density at radius 1 is 1.02 bits per heavy atom. The van der Waals surface area contributed by atoms with Crippen LogP contribution in [-0.4, -0.2) is 111 Å². The van der Waals surface area contributed by atoms with Crippen molar-refractivity contribution in [2.24, 2.45) is 5.41 Å². The van der Waals surface area contributed by atoms with Crippen LogP contribution in [0, 0.1) is 5.41 Å². The number of rotatable bonds is 6. The zero-order chi connectivity index (χ0) is 29.1. The lowest BCUT2D eigenvalue weighted by Crippen LogP contribution is -2.51. The lowest BCUT2D eigenvalue weighted by atomic mass is 9.92. The van der Waals surface area contributed by atoms with Crippen molar-refractivity contribution in [3.05, 3.63) is 35.9 Å². The zero-order valence-electron chi connectivity index (χ0n) is 23.6. The molecule has 12 nitrogen and oxygen atoms in total. The van der Waals surface area contributed by atoms with Gasteiger partial charge in [0.2, 0.25) is 23.6 Å². The van der Waals surface area contributed by atoms with Gasteiger partial charge in [-0.05, 0) is 24.0 Å². The molecule has 2 fully saturated rings. The zero-order valence-corrected chi connectivity index (χ0v) is 23.6. The standard InChI is InChI=1S/C28H41N5O7/c1-28(2,3)16-23(34)31-21-15-22-27(38)30-10-12-39-13-14-40-19-25(36)32(18-24(35)33(22)17-21)11-9-29-26(37)20-7-5-4-6-8-20/h4-8,21-22H,9-19H2,1-3H3,(H,29,37)(H,30,38)(H,31,34)/t21-,22-/m0/s1. The molecule has 0 aromatic heterocycles. The van der Waals surface area contributed by atoms with Crippen LogP contribution < -0.4 is 16.0 Å². The van der Waals surface area contributed by atoms with Crippen LogP contribution in [0.2, 0.25) is 0 Å².